The molecule has 0 spiro atoms. The van der Waals surface area contributed by atoms with Gasteiger partial charge in [-0.1, -0.05) is 206 Å². The second kappa shape index (κ2) is 20.6. The maximum atomic E-state index is 4.57. The molecule has 0 bridgehead atoms. The summed E-state index contributed by atoms with van der Waals surface area (Å²) in [5, 5.41) is 8.39. The van der Waals surface area contributed by atoms with Gasteiger partial charge in [0.15, 0.2) is 0 Å². The molecule has 7 rings (SSSR count). The van der Waals surface area contributed by atoms with Crippen LogP contribution in [-0.2, 0) is 17.3 Å². The molecule has 6 aromatic carbocycles. The fourth-order valence-corrected chi connectivity index (χ4v) is 9.29. The molecule has 0 fully saturated rings. The summed E-state index contributed by atoms with van der Waals surface area (Å²) in [5.74, 6) is 0. The zero-order valence-electron chi connectivity index (χ0n) is 24.8. The molecule has 1 radical (unpaired) electrons. The fourth-order valence-electron chi connectivity index (χ4n) is 4.68. The third kappa shape index (κ3) is 11.2. The molecule has 0 saturated carbocycles. The van der Waals surface area contributed by atoms with Gasteiger partial charge in [0.2, 0.25) is 0 Å². The van der Waals surface area contributed by atoms with E-state index in [4.69, 9.17) is 0 Å². The zero-order chi connectivity index (χ0) is 31.4. The third-order valence-electron chi connectivity index (χ3n) is 6.64. The first kappa shape index (κ1) is 34.4. The quantitative estimate of drug-likeness (QED) is 0.119. The summed E-state index contributed by atoms with van der Waals surface area (Å²) in [7, 11) is 3.68. The molecular weight excluding hydrogens is 691 g/mol. The van der Waals surface area contributed by atoms with Gasteiger partial charge in [-0.15, -0.1) is 0 Å². The average molecular weight is 726 g/mol. The number of allylic oxidation sites excluding steroid dienone is 4. The minimum absolute atomic E-state index is 0.446. The summed E-state index contributed by atoms with van der Waals surface area (Å²) < 4.78 is 0. The normalized spacial score (nSPS) is 11.0. The molecule has 0 aromatic heterocycles. The van der Waals surface area contributed by atoms with Gasteiger partial charge in [0.05, 0.1) is 0 Å². The molecular formula is C41H35ClP2Ru. The Labute approximate surface area is 285 Å². The van der Waals surface area contributed by atoms with Gasteiger partial charge >= 0.3 is 27.0 Å². The minimum Gasteiger partial charge on any atom is -0.0622 e. The number of rotatable bonds is 6. The Hall–Kier alpha value is -3.43. The van der Waals surface area contributed by atoms with Crippen molar-refractivity contribution in [3.05, 3.63) is 213 Å². The first-order valence-corrected chi connectivity index (χ1v) is 19.5. The molecule has 1 aliphatic carbocycles. The van der Waals surface area contributed by atoms with Crippen LogP contribution in [0, 0.1) is 6.42 Å². The molecule has 0 amide bonds. The predicted octanol–water partition coefficient (Wildman–Crippen LogP) is 8.89. The number of halogens is 1. The van der Waals surface area contributed by atoms with Crippen LogP contribution in [0.25, 0.3) is 0 Å². The van der Waals surface area contributed by atoms with Crippen molar-refractivity contribution in [1.82, 2.24) is 0 Å². The number of hydrogen-bond donors (Lipinski definition) is 0. The summed E-state index contributed by atoms with van der Waals surface area (Å²) in [6.45, 7) is 0. The van der Waals surface area contributed by atoms with E-state index >= 15 is 0 Å². The smallest absolute Gasteiger partial charge is 0.0134 e. The molecule has 0 nitrogen and oxygen atoms in total. The zero-order valence-corrected chi connectivity index (χ0v) is 29.1. The molecule has 0 unspecified atom stereocenters. The first-order chi connectivity index (χ1) is 22.4. The predicted molar refractivity (Wildman–Crippen MR) is 199 cm³/mol. The van der Waals surface area contributed by atoms with E-state index in [1.54, 1.807) is 0 Å². The van der Waals surface area contributed by atoms with E-state index < -0.39 is 15.8 Å². The molecule has 0 saturated heterocycles. The standard InChI is InChI=1S/2C18H15P.C5H5.ClH.Ru/c2*1-4-10-16(11-5-1)19(17-12-6-2-7-13-17)18-14-8-3-9-15-18;1-2-4-5-3-1;;/h2*1-15H;1-5H;1H;/q;;;;+1/p-1. The van der Waals surface area contributed by atoms with Crippen LogP contribution in [0.1, 0.15) is 0 Å². The van der Waals surface area contributed by atoms with Crippen molar-refractivity contribution >= 4 is 57.4 Å². The monoisotopic (exact) mass is 726 g/mol. The van der Waals surface area contributed by atoms with Crippen molar-refractivity contribution in [2.24, 2.45) is 0 Å². The van der Waals surface area contributed by atoms with Gasteiger partial charge in [0, 0.05) is 6.42 Å². The molecule has 0 N–H and O–H groups in total. The molecule has 0 atom stereocenters. The Bertz CT molecular complexity index is 1350. The maximum Gasteiger partial charge on any atom is -0.0134 e. The van der Waals surface area contributed by atoms with E-state index in [2.05, 4.69) is 192 Å². The van der Waals surface area contributed by atoms with Crippen LogP contribution in [0.5, 0.6) is 0 Å². The van der Waals surface area contributed by atoms with Crippen LogP contribution < -0.4 is 31.8 Å². The second-order valence-electron chi connectivity index (χ2n) is 9.65. The van der Waals surface area contributed by atoms with E-state index in [0.717, 1.165) is 0 Å². The van der Waals surface area contributed by atoms with E-state index in [0.29, 0.717) is 0 Å². The van der Waals surface area contributed by atoms with Crippen molar-refractivity contribution in [2.45, 2.75) is 0 Å². The van der Waals surface area contributed by atoms with Crippen molar-refractivity contribution in [1.29, 1.82) is 0 Å². The van der Waals surface area contributed by atoms with Crippen molar-refractivity contribution in [3.63, 3.8) is 0 Å². The van der Waals surface area contributed by atoms with Gasteiger partial charge in [-0.05, 0) is 47.7 Å². The SMILES string of the molecule is [CH]1C=CC=C1.[Cl][Ru].c1ccc(P(c2ccccc2)c2ccccc2)cc1.c1ccc(P(c2ccccc2)c2ccccc2)cc1. The van der Waals surface area contributed by atoms with Crippen LogP contribution >= 0.6 is 25.5 Å². The molecule has 45 heavy (non-hydrogen) atoms. The summed E-state index contributed by atoms with van der Waals surface area (Å²) in [6.07, 6.45) is 10.0. The van der Waals surface area contributed by atoms with Gasteiger partial charge < -0.3 is 0 Å². The van der Waals surface area contributed by atoms with Crippen LogP contribution in [-0.4, -0.2) is 0 Å². The molecule has 0 aliphatic heterocycles. The second-order valence-corrected chi connectivity index (χ2v) is 14.1. The van der Waals surface area contributed by atoms with Gasteiger partial charge in [0.1, 0.15) is 0 Å². The molecule has 1 aliphatic rings. The molecule has 4 heteroatoms. The summed E-state index contributed by atoms with van der Waals surface area (Å²) >= 11 is 1.82. The number of benzene rings is 6. The number of hydrogen-bond acceptors (Lipinski definition) is 0. The Morgan fingerprint density at radius 2 is 0.444 bits per heavy atom. The van der Waals surface area contributed by atoms with Gasteiger partial charge in [-0.2, -0.15) is 0 Å². The summed E-state index contributed by atoms with van der Waals surface area (Å²) in [6, 6.07) is 64.7. The first-order valence-electron chi connectivity index (χ1n) is 14.6. The Morgan fingerprint density at radius 3 is 0.578 bits per heavy atom. The Morgan fingerprint density at radius 1 is 0.267 bits per heavy atom. The maximum absolute atomic E-state index is 4.57. The van der Waals surface area contributed by atoms with Crippen LogP contribution in [0.15, 0.2) is 206 Å². The van der Waals surface area contributed by atoms with Crippen molar-refractivity contribution in [3.8, 4) is 0 Å². The van der Waals surface area contributed by atoms with Crippen LogP contribution in [0.4, 0.5) is 0 Å². The van der Waals surface area contributed by atoms with Gasteiger partial charge in [-0.25, -0.2) is 0 Å². The Balaban J connectivity index is 0.000000169. The van der Waals surface area contributed by atoms with E-state index in [-0.39, 0.29) is 0 Å². The van der Waals surface area contributed by atoms with E-state index in [1.807, 2.05) is 48.0 Å². The molecule has 6 aromatic rings. The summed E-state index contributed by atoms with van der Waals surface area (Å²) in [4.78, 5) is 0. The fraction of sp³-hybridized carbons (Fsp3) is 0. The van der Waals surface area contributed by atoms with Crippen molar-refractivity contribution < 1.29 is 17.3 Å². The summed E-state index contributed by atoms with van der Waals surface area (Å²) in [5.41, 5.74) is 0. The van der Waals surface area contributed by atoms with Gasteiger partial charge in [0.25, 0.3) is 0 Å². The molecule has 224 valence electrons. The minimum atomic E-state index is -0.446. The van der Waals surface area contributed by atoms with Gasteiger partial charge in [-0.3, -0.25) is 0 Å². The largest absolute Gasteiger partial charge is 0.0622 e. The van der Waals surface area contributed by atoms with Crippen LogP contribution in [0.3, 0.4) is 0 Å². The molecule has 0 heterocycles. The average Bonchev–Trinajstić information content (AvgIpc) is 3.74. The van der Waals surface area contributed by atoms with Crippen LogP contribution in [0.2, 0.25) is 0 Å². The van der Waals surface area contributed by atoms with E-state index in [9.17, 15) is 0 Å². The van der Waals surface area contributed by atoms with E-state index in [1.165, 1.54) is 31.8 Å². The topological polar surface area (TPSA) is 0 Å². The Kier molecular flexibility index (Phi) is 15.7. The van der Waals surface area contributed by atoms with Crippen molar-refractivity contribution in [2.75, 3.05) is 0 Å². The third-order valence-corrected chi connectivity index (χ3v) is 11.5.